The van der Waals surface area contributed by atoms with E-state index in [-0.39, 0.29) is 6.10 Å². The van der Waals surface area contributed by atoms with E-state index >= 15 is 0 Å². The van der Waals surface area contributed by atoms with Gasteiger partial charge in [0.1, 0.15) is 0 Å². The van der Waals surface area contributed by atoms with E-state index in [0.717, 1.165) is 29.4 Å². The van der Waals surface area contributed by atoms with Gasteiger partial charge in [0, 0.05) is 13.5 Å². The van der Waals surface area contributed by atoms with E-state index in [1.54, 1.807) is 0 Å². The molecule has 1 aliphatic carbocycles. The van der Waals surface area contributed by atoms with Crippen molar-refractivity contribution in [2.24, 2.45) is 7.05 Å². The summed E-state index contributed by atoms with van der Waals surface area (Å²) in [6, 6.07) is 0. The van der Waals surface area contributed by atoms with Crippen LogP contribution in [-0.4, -0.2) is 21.0 Å². The molecule has 1 aliphatic rings. The van der Waals surface area contributed by atoms with Crippen molar-refractivity contribution in [3.8, 4) is 0 Å². The Labute approximate surface area is 97.9 Å². The van der Waals surface area contributed by atoms with Gasteiger partial charge in [-0.3, -0.25) is 4.68 Å². The standard InChI is InChI=1S/C11H15BrN2O/c1-7-11(12)10(14(2)13-7)6-8-3-4-9(15)5-8/h5,9,15H,3-4,6H2,1-2H3. The average molecular weight is 271 g/mol. The molecule has 0 spiro atoms. The number of aliphatic hydroxyl groups is 1. The van der Waals surface area contributed by atoms with E-state index in [1.165, 1.54) is 11.3 Å². The van der Waals surface area contributed by atoms with Gasteiger partial charge in [-0.05, 0) is 35.7 Å². The van der Waals surface area contributed by atoms with Crippen molar-refractivity contribution in [2.45, 2.75) is 32.3 Å². The lowest BCUT2D eigenvalue weighted by molar-refractivity contribution is 0.223. The summed E-state index contributed by atoms with van der Waals surface area (Å²) in [6.45, 7) is 1.99. The van der Waals surface area contributed by atoms with Crippen LogP contribution < -0.4 is 0 Å². The third kappa shape index (κ3) is 2.16. The highest BCUT2D eigenvalue weighted by Gasteiger charge is 2.17. The molecule has 82 valence electrons. The highest BCUT2D eigenvalue weighted by atomic mass is 79.9. The molecule has 4 heteroatoms. The first kappa shape index (κ1) is 10.9. The number of hydrogen-bond donors (Lipinski definition) is 1. The molecule has 0 aliphatic heterocycles. The Morgan fingerprint density at radius 1 is 1.67 bits per heavy atom. The number of hydrogen-bond acceptors (Lipinski definition) is 2. The Bertz CT molecular complexity index is 409. The first-order valence-corrected chi connectivity index (χ1v) is 5.93. The van der Waals surface area contributed by atoms with E-state index in [0.29, 0.717) is 0 Å². The van der Waals surface area contributed by atoms with E-state index < -0.39 is 0 Å². The zero-order valence-corrected chi connectivity index (χ0v) is 10.6. The van der Waals surface area contributed by atoms with Crippen molar-refractivity contribution in [2.75, 3.05) is 0 Å². The van der Waals surface area contributed by atoms with Gasteiger partial charge in [-0.2, -0.15) is 5.10 Å². The maximum Gasteiger partial charge on any atom is 0.0738 e. The van der Waals surface area contributed by atoms with Gasteiger partial charge in [0.15, 0.2) is 0 Å². The zero-order valence-electron chi connectivity index (χ0n) is 9.00. The molecule has 0 saturated heterocycles. The number of halogens is 1. The van der Waals surface area contributed by atoms with Gasteiger partial charge in [0.25, 0.3) is 0 Å². The molecule has 0 amide bonds. The van der Waals surface area contributed by atoms with Crippen molar-refractivity contribution in [3.05, 3.63) is 27.5 Å². The van der Waals surface area contributed by atoms with Crippen molar-refractivity contribution >= 4 is 15.9 Å². The monoisotopic (exact) mass is 270 g/mol. The van der Waals surface area contributed by atoms with Gasteiger partial charge in [-0.15, -0.1) is 0 Å². The SMILES string of the molecule is Cc1nn(C)c(CC2=CC(O)CC2)c1Br. The van der Waals surface area contributed by atoms with Crippen LogP contribution in [0.3, 0.4) is 0 Å². The summed E-state index contributed by atoms with van der Waals surface area (Å²) in [4.78, 5) is 0. The second kappa shape index (κ2) is 4.10. The molecule has 0 aromatic carbocycles. The van der Waals surface area contributed by atoms with Crippen LogP contribution in [0.15, 0.2) is 16.1 Å². The zero-order chi connectivity index (χ0) is 11.0. The van der Waals surface area contributed by atoms with E-state index in [4.69, 9.17) is 0 Å². The summed E-state index contributed by atoms with van der Waals surface area (Å²) < 4.78 is 3.00. The summed E-state index contributed by atoms with van der Waals surface area (Å²) in [7, 11) is 1.96. The molecule has 15 heavy (non-hydrogen) atoms. The molecule has 1 heterocycles. The minimum atomic E-state index is -0.243. The highest BCUT2D eigenvalue weighted by Crippen LogP contribution is 2.27. The maximum atomic E-state index is 9.41. The number of aryl methyl sites for hydroxylation is 2. The molecule has 1 N–H and O–H groups in total. The summed E-state index contributed by atoms with van der Waals surface area (Å²) in [5.74, 6) is 0. The molecule has 3 nitrogen and oxygen atoms in total. The lowest BCUT2D eigenvalue weighted by Gasteiger charge is -2.03. The van der Waals surface area contributed by atoms with Crippen LogP contribution in [0.25, 0.3) is 0 Å². The fourth-order valence-electron chi connectivity index (χ4n) is 2.01. The van der Waals surface area contributed by atoms with Gasteiger partial charge in [-0.1, -0.05) is 11.6 Å². The van der Waals surface area contributed by atoms with Crippen LogP contribution in [-0.2, 0) is 13.5 Å². The van der Waals surface area contributed by atoms with Crippen LogP contribution >= 0.6 is 15.9 Å². The van der Waals surface area contributed by atoms with Crippen molar-refractivity contribution < 1.29 is 5.11 Å². The molecule has 1 aromatic heterocycles. The summed E-state index contributed by atoms with van der Waals surface area (Å²) in [5, 5.41) is 13.8. The molecule has 1 atom stereocenters. The van der Waals surface area contributed by atoms with Crippen molar-refractivity contribution in [3.63, 3.8) is 0 Å². The normalized spacial score (nSPS) is 20.8. The Balaban J connectivity index is 2.21. The molecule has 1 unspecified atom stereocenters. The molecule has 0 bridgehead atoms. The third-order valence-corrected chi connectivity index (χ3v) is 3.88. The summed E-state index contributed by atoms with van der Waals surface area (Å²) >= 11 is 3.55. The number of aromatic nitrogens is 2. The second-order valence-electron chi connectivity index (χ2n) is 4.08. The van der Waals surface area contributed by atoms with Gasteiger partial charge >= 0.3 is 0 Å². The molecular formula is C11H15BrN2O. The Kier molecular flexibility index (Phi) is 2.98. The largest absolute Gasteiger partial charge is 0.389 e. The van der Waals surface area contributed by atoms with E-state index in [2.05, 4.69) is 21.0 Å². The van der Waals surface area contributed by atoms with Crippen LogP contribution in [0.5, 0.6) is 0 Å². The molecular weight excluding hydrogens is 256 g/mol. The van der Waals surface area contributed by atoms with Gasteiger partial charge in [0.2, 0.25) is 0 Å². The Morgan fingerprint density at radius 2 is 2.40 bits per heavy atom. The molecule has 0 radical (unpaired) electrons. The molecule has 0 saturated carbocycles. The minimum Gasteiger partial charge on any atom is -0.389 e. The number of allylic oxidation sites excluding steroid dienone is 1. The lowest BCUT2D eigenvalue weighted by atomic mass is 10.1. The lowest BCUT2D eigenvalue weighted by Crippen LogP contribution is -1.99. The van der Waals surface area contributed by atoms with Crippen LogP contribution in [0.1, 0.15) is 24.2 Å². The molecule has 2 rings (SSSR count). The first-order chi connectivity index (χ1) is 7.08. The van der Waals surface area contributed by atoms with Crippen LogP contribution in [0.4, 0.5) is 0 Å². The Hall–Kier alpha value is -0.610. The predicted molar refractivity (Wildman–Crippen MR) is 62.7 cm³/mol. The smallest absolute Gasteiger partial charge is 0.0738 e. The summed E-state index contributed by atoms with van der Waals surface area (Å²) in [6.07, 6.45) is 4.47. The predicted octanol–water partition coefficient (Wildman–Crippen LogP) is 2.11. The topological polar surface area (TPSA) is 38.0 Å². The molecule has 1 aromatic rings. The van der Waals surface area contributed by atoms with Crippen molar-refractivity contribution in [1.82, 2.24) is 9.78 Å². The van der Waals surface area contributed by atoms with E-state index in [9.17, 15) is 5.11 Å². The summed E-state index contributed by atoms with van der Waals surface area (Å²) in [5.41, 5.74) is 3.52. The third-order valence-electron chi connectivity index (χ3n) is 2.85. The fraction of sp³-hybridized carbons (Fsp3) is 0.545. The van der Waals surface area contributed by atoms with Crippen molar-refractivity contribution in [1.29, 1.82) is 0 Å². The molecule has 0 fully saturated rings. The van der Waals surface area contributed by atoms with E-state index in [1.807, 2.05) is 24.7 Å². The number of aliphatic hydroxyl groups excluding tert-OH is 1. The average Bonchev–Trinajstić information content (AvgIpc) is 2.67. The second-order valence-corrected chi connectivity index (χ2v) is 4.87. The highest BCUT2D eigenvalue weighted by molar-refractivity contribution is 9.10. The fourth-order valence-corrected chi connectivity index (χ4v) is 2.48. The maximum absolute atomic E-state index is 9.41. The quantitative estimate of drug-likeness (QED) is 0.837. The minimum absolute atomic E-state index is 0.243. The van der Waals surface area contributed by atoms with Gasteiger partial charge in [0.05, 0.1) is 22.0 Å². The van der Waals surface area contributed by atoms with Crippen LogP contribution in [0, 0.1) is 6.92 Å². The van der Waals surface area contributed by atoms with Gasteiger partial charge < -0.3 is 5.11 Å². The number of nitrogens with zero attached hydrogens (tertiary/aromatic N) is 2. The Morgan fingerprint density at radius 3 is 2.87 bits per heavy atom. The first-order valence-electron chi connectivity index (χ1n) is 5.13. The number of rotatable bonds is 2. The van der Waals surface area contributed by atoms with Crippen LogP contribution in [0.2, 0.25) is 0 Å². The van der Waals surface area contributed by atoms with Gasteiger partial charge in [-0.25, -0.2) is 0 Å².